The van der Waals surface area contributed by atoms with Crippen molar-refractivity contribution in [3.8, 4) is 0 Å². The number of allylic oxidation sites excluding steroid dienone is 1. The largest absolute Gasteiger partial charge is 0.252 e. The minimum Gasteiger partial charge on any atom is -0.252 e. The van der Waals surface area contributed by atoms with E-state index in [0.717, 1.165) is 11.4 Å². The summed E-state index contributed by atoms with van der Waals surface area (Å²) in [5, 5.41) is 3.29. The summed E-state index contributed by atoms with van der Waals surface area (Å²) in [6.45, 7) is 2.05. The first-order chi connectivity index (χ1) is 9.25. The van der Waals surface area contributed by atoms with E-state index in [4.69, 9.17) is 4.99 Å². The molecule has 2 aromatic rings. The highest BCUT2D eigenvalue weighted by molar-refractivity contribution is 8.02. The SMILES string of the molecule is CC1=CSc2ccccc2C(c2ccccc2P)=N1. The van der Waals surface area contributed by atoms with Gasteiger partial charge in [0.05, 0.1) is 5.71 Å². The first kappa shape index (κ1) is 12.7. The Morgan fingerprint density at radius 3 is 2.42 bits per heavy atom. The molecule has 0 saturated heterocycles. The summed E-state index contributed by atoms with van der Waals surface area (Å²) < 4.78 is 0. The molecular formula is C16H14NPS. The quantitative estimate of drug-likeness (QED) is 0.721. The second kappa shape index (κ2) is 5.32. The summed E-state index contributed by atoms with van der Waals surface area (Å²) in [5.41, 5.74) is 4.48. The monoisotopic (exact) mass is 283 g/mol. The molecule has 0 N–H and O–H groups in total. The molecule has 3 rings (SSSR count). The Bertz CT molecular complexity index is 689. The van der Waals surface area contributed by atoms with Crippen molar-refractivity contribution >= 4 is 32.0 Å². The Morgan fingerprint density at radius 1 is 0.947 bits per heavy atom. The maximum absolute atomic E-state index is 4.79. The normalized spacial score (nSPS) is 14.2. The van der Waals surface area contributed by atoms with Crippen molar-refractivity contribution in [2.45, 2.75) is 11.8 Å². The highest BCUT2D eigenvalue weighted by atomic mass is 32.2. The molecule has 1 atom stereocenters. The van der Waals surface area contributed by atoms with Crippen LogP contribution >= 0.6 is 21.0 Å². The molecule has 1 heterocycles. The maximum Gasteiger partial charge on any atom is 0.0795 e. The Balaban J connectivity index is 2.25. The van der Waals surface area contributed by atoms with Crippen LogP contribution in [-0.4, -0.2) is 5.71 Å². The number of rotatable bonds is 1. The van der Waals surface area contributed by atoms with Gasteiger partial charge in [-0.15, -0.1) is 9.24 Å². The Morgan fingerprint density at radius 2 is 1.63 bits per heavy atom. The number of fused-ring (bicyclic) bond motifs is 1. The molecule has 1 aliphatic heterocycles. The van der Waals surface area contributed by atoms with E-state index in [1.807, 2.05) is 13.0 Å². The van der Waals surface area contributed by atoms with Gasteiger partial charge in [-0.3, -0.25) is 4.99 Å². The number of thioether (sulfide) groups is 1. The summed E-state index contributed by atoms with van der Waals surface area (Å²) in [6.07, 6.45) is 0. The number of nitrogens with zero attached hydrogens (tertiary/aromatic N) is 1. The lowest BCUT2D eigenvalue weighted by atomic mass is 10.0. The molecule has 2 aromatic carbocycles. The molecule has 1 nitrogen and oxygen atoms in total. The summed E-state index contributed by atoms with van der Waals surface area (Å²) in [5.74, 6) is 0. The lowest BCUT2D eigenvalue weighted by Crippen LogP contribution is -2.12. The third-order valence-corrected chi connectivity index (χ3v) is 4.58. The van der Waals surface area contributed by atoms with Gasteiger partial charge in [0.15, 0.2) is 0 Å². The van der Waals surface area contributed by atoms with Gasteiger partial charge in [0, 0.05) is 21.7 Å². The van der Waals surface area contributed by atoms with E-state index in [-0.39, 0.29) is 0 Å². The molecule has 0 bridgehead atoms. The minimum atomic E-state index is 1.05. The second-order valence-electron chi connectivity index (χ2n) is 4.42. The van der Waals surface area contributed by atoms with Crippen molar-refractivity contribution in [3.63, 3.8) is 0 Å². The lowest BCUT2D eigenvalue weighted by molar-refractivity contribution is 1.31. The molecule has 3 heteroatoms. The standard InChI is InChI=1S/C16H14NPS/c1-11-10-19-15-9-5-3-7-13(15)16(17-11)12-6-2-4-8-14(12)18/h2-10H,18H2,1H3. The number of aliphatic imine (C=N–C) groups is 1. The maximum atomic E-state index is 4.79. The van der Waals surface area contributed by atoms with E-state index in [1.54, 1.807) is 11.8 Å². The van der Waals surface area contributed by atoms with Gasteiger partial charge in [-0.1, -0.05) is 54.2 Å². The van der Waals surface area contributed by atoms with Crippen LogP contribution < -0.4 is 5.30 Å². The fourth-order valence-electron chi connectivity index (χ4n) is 2.09. The molecule has 0 radical (unpaired) electrons. The molecular weight excluding hydrogens is 269 g/mol. The van der Waals surface area contributed by atoms with Gasteiger partial charge >= 0.3 is 0 Å². The fraction of sp³-hybridized carbons (Fsp3) is 0.0625. The van der Waals surface area contributed by atoms with Crippen LogP contribution in [0.4, 0.5) is 0 Å². The van der Waals surface area contributed by atoms with Crippen LogP contribution in [-0.2, 0) is 0 Å². The van der Waals surface area contributed by atoms with Crippen molar-refractivity contribution in [1.82, 2.24) is 0 Å². The van der Waals surface area contributed by atoms with Crippen LogP contribution in [0.1, 0.15) is 18.1 Å². The number of benzene rings is 2. The summed E-state index contributed by atoms with van der Waals surface area (Å²) in [4.78, 5) is 6.05. The van der Waals surface area contributed by atoms with Crippen molar-refractivity contribution < 1.29 is 0 Å². The number of hydrogen-bond acceptors (Lipinski definition) is 2. The summed E-state index contributed by atoms with van der Waals surface area (Å²) in [6, 6.07) is 16.8. The van der Waals surface area contributed by atoms with E-state index < -0.39 is 0 Å². The zero-order valence-corrected chi connectivity index (χ0v) is 12.6. The van der Waals surface area contributed by atoms with Crippen molar-refractivity contribution in [1.29, 1.82) is 0 Å². The zero-order chi connectivity index (χ0) is 13.2. The molecule has 0 fully saturated rings. The van der Waals surface area contributed by atoms with Crippen LogP contribution in [0.15, 0.2) is 69.5 Å². The third kappa shape index (κ3) is 2.51. The van der Waals surface area contributed by atoms with Crippen LogP contribution in [0.3, 0.4) is 0 Å². The molecule has 1 unspecified atom stereocenters. The molecule has 0 saturated carbocycles. The molecule has 0 amide bonds. The third-order valence-electron chi connectivity index (χ3n) is 3.00. The van der Waals surface area contributed by atoms with Crippen molar-refractivity contribution in [2.24, 2.45) is 4.99 Å². The van der Waals surface area contributed by atoms with E-state index in [0.29, 0.717) is 0 Å². The van der Waals surface area contributed by atoms with E-state index in [2.05, 4.69) is 57.1 Å². The van der Waals surface area contributed by atoms with Crippen molar-refractivity contribution in [3.05, 3.63) is 70.8 Å². The van der Waals surface area contributed by atoms with Crippen LogP contribution in [0, 0.1) is 0 Å². The van der Waals surface area contributed by atoms with E-state index in [1.165, 1.54) is 21.3 Å². The van der Waals surface area contributed by atoms with E-state index in [9.17, 15) is 0 Å². The molecule has 0 aliphatic carbocycles. The Kier molecular flexibility index (Phi) is 3.54. The van der Waals surface area contributed by atoms with Crippen LogP contribution in [0.2, 0.25) is 0 Å². The number of hydrogen-bond donors (Lipinski definition) is 0. The smallest absolute Gasteiger partial charge is 0.0795 e. The molecule has 1 aliphatic rings. The highest BCUT2D eigenvalue weighted by Crippen LogP contribution is 2.30. The molecule has 0 spiro atoms. The van der Waals surface area contributed by atoms with Crippen molar-refractivity contribution in [2.75, 3.05) is 0 Å². The predicted octanol–water partition coefficient (Wildman–Crippen LogP) is 3.99. The first-order valence-electron chi connectivity index (χ1n) is 6.12. The Hall–Kier alpha value is -1.37. The van der Waals surface area contributed by atoms with Gasteiger partial charge in [0.2, 0.25) is 0 Å². The van der Waals surface area contributed by atoms with Crippen LogP contribution in [0.5, 0.6) is 0 Å². The van der Waals surface area contributed by atoms with Gasteiger partial charge in [0.1, 0.15) is 0 Å². The first-order valence-corrected chi connectivity index (χ1v) is 7.58. The molecule has 0 aromatic heterocycles. The van der Waals surface area contributed by atoms with Gasteiger partial charge in [-0.25, -0.2) is 0 Å². The highest BCUT2D eigenvalue weighted by Gasteiger charge is 2.15. The van der Waals surface area contributed by atoms with Gasteiger partial charge < -0.3 is 0 Å². The minimum absolute atomic E-state index is 1.05. The summed E-state index contributed by atoms with van der Waals surface area (Å²) >= 11 is 1.74. The topological polar surface area (TPSA) is 12.4 Å². The lowest BCUT2D eigenvalue weighted by Gasteiger charge is -2.11. The van der Waals surface area contributed by atoms with E-state index >= 15 is 0 Å². The Labute approximate surface area is 120 Å². The van der Waals surface area contributed by atoms with Gasteiger partial charge in [-0.2, -0.15) is 0 Å². The van der Waals surface area contributed by atoms with Crippen LogP contribution in [0.25, 0.3) is 0 Å². The molecule has 94 valence electrons. The summed E-state index contributed by atoms with van der Waals surface area (Å²) in [7, 11) is 2.80. The second-order valence-corrected chi connectivity index (χ2v) is 5.95. The average Bonchev–Trinajstić information content (AvgIpc) is 2.59. The predicted molar refractivity (Wildman–Crippen MR) is 87.5 cm³/mol. The average molecular weight is 283 g/mol. The van der Waals surface area contributed by atoms with Gasteiger partial charge in [0.25, 0.3) is 0 Å². The zero-order valence-electron chi connectivity index (χ0n) is 10.6. The fourth-order valence-corrected chi connectivity index (χ4v) is 3.24. The van der Waals surface area contributed by atoms with Gasteiger partial charge in [-0.05, 0) is 23.7 Å². The molecule has 19 heavy (non-hydrogen) atoms.